The van der Waals surface area contributed by atoms with Crippen molar-refractivity contribution in [2.45, 2.75) is 30.8 Å². The van der Waals surface area contributed by atoms with Crippen molar-refractivity contribution in [2.24, 2.45) is 4.99 Å². The fourth-order valence-corrected chi connectivity index (χ4v) is 5.84. The number of alkyl halides is 2. The molecule has 31 heavy (non-hydrogen) atoms. The largest absolute Gasteiger partial charge is 0.469 e. The minimum Gasteiger partial charge on any atom is -0.469 e. The molecular formula is C19H18ClF2IN5OPS. The van der Waals surface area contributed by atoms with E-state index >= 15 is 0 Å². The zero-order chi connectivity index (χ0) is 22.3. The highest BCUT2D eigenvalue weighted by Gasteiger charge is 2.28. The van der Waals surface area contributed by atoms with Gasteiger partial charge in [-0.25, -0.2) is 23.7 Å². The van der Waals surface area contributed by atoms with Gasteiger partial charge in [0.25, 0.3) is 6.43 Å². The van der Waals surface area contributed by atoms with Gasteiger partial charge in [0.1, 0.15) is 16.3 Å². The summed E-state index contributed by atoms with van der Waals surface area (Å²) in [5.41, 5.74) is 2.56. The van der Waals surface area contributed by atoms with Crippen LogP contribution in [0.15, 0.2) is 34.2 Å². The highest BCUT2D eigenvalue weighted by molar-refractivity contribution is 14.2. The summed E-state index contributed by atoms with van der Waals surface area (Å²) in [5.74, 6) is 0.296. The molecule has 1 atom stereocenters. The van der Waals surface area contributed by atoms with E-state index in [1.807, 2.05) is 60.3 Å². The van der Waals surface area contributed by atoms with Gasteiger partial charge in [-0.1, -0.05) is 11.6 Å². The van der Waals surface area contributed by atoms with Gasteiger partial charge in [-0.15, -0.1) is 11.8 Å². The van der Waals surface area contributed by atoms with Crippen LogP contribution in [0.4, 0.5) is 20.2 Å². The Hall–Kier alpha value is -1.23. The maximum atomic E-state index is 13.5. The maximum absolute atomic E-state index is 13.5. The van der Waals surface area contributed by atoms with Gasteiger partial charge >= 0.3 is 0 Å². The normalized spacial score (nSPS) is 15.8. The van der Waals surface area contributed by atoms with Crippen molar-refractivity contribution >= 4 is 80.2 Å². The molecule has 0 fully saturated rings. The van der Waals surface area contributed by atoms with Crippen LogP contribution in [0.3, 0.4) is 0 Å². The van der Waals surface area contributed by atoms with Crippen LogP contribution in [0.25, 0.3) is 11.2 Å². The van der Waals surface area contributed by atoms with Crippen molar-refractivity contribution in [3.63, 3.8) is 0 Å². The molecule has 0 saturated carbocycles. The van der Waals surface area contributed by atoms with E-state index in [0.29, 0.717) is 29.3 Å². The number of nitrogens with zero attached hydrogens (tertiary/aromatic N) is 4. The number of hydrogen-bond donors (Lipinski definition) is 1. The zero-order valence-corrected chi connectivity index (χ0v) is 21.4. The number of anilines is 2. The van der Waals surface area contributed by atoms with Gasteiger partial charge in [-0.2, -0.15) is 0 Å². The van der Waals surface area contributed by atoms with Crippen LogP contribution < -0.4 is 5.32 Å². The van der Waals surface area contributed by atoms with Gasteiger partial charge in [-0.3, -0.25) is 4.34 Å². The average molecular weight is 596 g/mol. The molecule has 6 nitrogen and oxygen atoms in total. The minimum absolute atomic E-state index is 0.0185. The summed E-state index contributed by atoms with van der Waals surface area (Å²) >= 11 is 9.78. The van der Waals surface area contributed by atoms with Crippen LogP contribution in [0, 0.1) is 0 Å². The number of aromatic nitrogens is 3. The number of aliphatic imine (C=N–C) groups is 1. The van der Waals surface area contributed by atoms with E-state index in [1.165, 1.54) is 4.34 Å². The van der Waals surface area contributed by atoms with E-state index in [0.717, 1.165) is 16.1 Å². The standard InChI is InChI=1S/C19H18ClF2IN5OPS/c1-19(2)8-24-18(29-19)9-4-5-10(12(6-9)31-3)25-11-7-13(20)26-16-14(11)27-17(15(21)22)28(16)30-23/h4-7,15,30H,8H2,1-3H3,(H,25,26). The third-order valence-corrected chi connectivity index (χ3v) is 7.61. The number of pyridine rings is 1. The summed E-state index contributed by atoms with van der Waals surface area (Å²) in [6.07, 6.45) is -0.729. The van der Waals surface area contributed by atoms with Crippen LogP contribution >= 0.6 is 51.8 Å². The molecular weight excluding hydrogens is 578 g/mol. The number of halogens is 4. The van der Waals surface area contributed by atoms with Gasteiger partial charge in [0.05, 0.1) is 24.3 Å². The van der Waals surface area contributed by atoms with E-state index in [4.69, 9.17) is 16.3 Å². The molecule has 3 heterocycles. The topological polar surface area (TPSA) is 64.3 Å². The lowest BCUT2D eigenvalue weighted by Crippen LogP contribution is -2.24. The smallest absolute Gasteiger partial charge is 0.295 e. The lowest BCUT2D eigenvalue weighted by molar-refractivity contribution is 0.131. The summed E-state index contributed by atoms with van der Waals surface area (Å²) in [5, 5.41) is 3.50. The number of ether oxygens (including phenoxy) is 1. The number of benzene rings is 1. The molecule has 3 aromatic rings. The first-order chi connectivity index (χ1) is 14.7. The zero-order valence-electron chi connectivity index (χ0n) is 16.7. The summed E-state index contributed by atoms with van der Waals surface area (Å²) in [6, 6.07) is 7.40. The molecule has 164 valence electrons. The Labute approximate surface area is 201 Å². The molecule has 0 radical (unpaired) electrons. The minimum atomic E-state index is -2.71. The van der Waals surface area contributed by atoms with E-state index < -0.39 is 6.43 Å². The Morgan fingerprint density at radius 2 is 2.06 bits per heavy atom. The number of hydrogen-bond acceptors (Lipinski definition) is 6. The van der Waals surface area contributed by atoms with Gasteiger partial charge in [0, 0.05) is 16.5 Å². The lowest BCUT2D eigenvalue weighted by Gasteiger charge is -2.18. The molecule has 1 aliphatic heterocycles. The van der Waals surface area contributed by atoms with E-state index in [-0.39, 0.29) is 23.0 Å². The molecule has 4 rings (SSSR count). The lowest BCUT2D eigenvalue weighted by atomic mass is 10.1. The quantitative estimate of drug-likeness (QED) is 0.146. The molecule has 0 bridgehead atoms. The highest BCUT2D eigenvalue weighted by Crippen LogP contribution is 2.39. The number of thioether (sulfide) groups is 1. The third-order valence-electron chi connectivity index (χ3n) is 4.58. The predicted molar refractivity (Wildman–Crippen MR) is 133 cm³/mol. The fourth-order valence-electron chi connectivity index (χ4n) is 3.17. The Kier molecular flexibility index (Phi) is 6.63. The predicted octanol–water partition coefficient (Wildman–Crippen LogP) is 6.83. The Bertz CT molecular complexity index is 1190. The number of nitrogens with one attached hydrogen (secondary N) is 1. The molecule has 1 aliphatic rings. The molecule has 1 unspecified atom stereocenters. The second-order valence-electron chi connectivity index (χ2n) is 7.38. The molecule has 0 spiro atoms. The van der Waals surface area contributed by atoms with E-state index in [1.54, 1.807) is 17.8 Å². The van der Waals surface area contributed by atoms with Crippen LogP contribution in [-0.2, 0) is 4.74 Å². The van der Waals surface area contributed by atoms with Crippen LogP contribution in [-0.4, -0.2) is 38.6 Å². The van der Waals surface area contributed by atoms with Gasteiger partial charge in [-0.05, 0) is 60.3 Å². The second-order valence-corrected chi connectivity index (χ2v) is 10.7. The molecule has 0 saturated heterocycles. The SMILES string of the molecule is CSc1cc(C2=NCC(C)(C)O2)ccc1Nc1cc(Cl)nc2c1nc(C(F)F)n2PI. The average Bonchev–Trinajstić information content (AvgIpc) is 3.28. The van der Waals surface area contributed by atoms with Crippen LogP contribution in [0.2, 0.25) is 5.15 Å². The molecule has 0 aliphatic carbocycles. The molecule has 2 aromatic heterocycles. The monoisotopic (exact) mass is 595 g/mol. The van der Waals surface area contributed by atoms with Crippen molar-refractivity contribution in [3.05, 3.63) is 40.8 Å². The number of rotatable bonds is 6. The maximum Gasteiger partial charge on any atom is 0.295 e. The van der Waals surface area contributed by atoms with Crippen molar-refractivity contribution in [3.8, 4) is 0 Å². The van der Waals surface area contributed by atoms with Crippen molar-refractivity contribution < 1.29 is 13.5 Å². The van der Waals surface area contributed by atoms with Crippen LogP contribution in [0.1, 0.15) is 31.7 Å². The highest BCUT2D eigenvalue weighted by atomic mass is 127. The Morgan fingerprint density at radius 3 is 2.68 bits per heavy atom. The first kappa shape index (κ1) is 22.9. The van der Waals surface area contributed by atoms with Gasteiger partial charge in [0.15, 0.2) is 11.5 Å². The number of imidazole rings is 1. The first-order valence-electron chi connectivity index (χ1n) is 9.15. The van der Waals surface area contributed by atoms with Crippen molar-refractivity contribution in [1.82, 2.24) is 14.3 Å². The molecule has 12 heteroatoms. The van der Waals surface area contributed by atoms with Crippen molar-refractivity contribution in [2.75, 3.05) is 18.1 Å². The fraction of sp³-hybridized carbons (Fsp3) is 0.316. The second kappa shape index (κ2) is 8.96. The molecule has 1 aromatic carbocycles. The van der Waals surface area contributed by atoms with Gasteiger partial charge in [0.2, 0.25) is 5.90 Å². The summed E-state index contributed by atoms with van der Waals surface area (Å²) in [6.45, 7) is 4.60. The third kappa shape index (κ3) is 4.62. The summed E-state index contributed by atoms with van der Waals surface area (Å²) < 4.78 is 34.3. The van der Waals surface area contributed by atoms with Crippen molar-refractivity contribution in [1.29, 1.82) is 0 Å². The molecule has 0 amide bonds. The van der Waals surface area contributed by atoms with E-state index in [9.17, 15) is 8.78 Å². The van der Waals surface area contributed by atoms with E-state index in [2.05, 4.69) is 20.3 Å². The Balaban J connectivity index is 1.74. The Morgan fingerprint density at radius 1 is 1.29 bits per heavy atom. The summed E-state index contributed by atoms with van der Waals surface area (Å²) in [7, 11) is 0. The molecule has 1 N–H and O–H groups in total. The number of fused-ring (bicyclic) bond motifs is 1. The summed E-state index contributed by atoms with van der Waals surface area (Å²) in [4.78, 5) is 13.8. The van der Waals surface area contributed by atoms with Gasteiger partial charge < -0.3 is 10.1 Å². The van der Waals surface area contributed by atoms with Crippen LogP contribution in [0.5, 0.6) is 0 Å². The first-order valence-corrected chi connectivity index (χ1v) is 14.8.